The molecule has 1 aromatic carbocycles. The molecule has 1 aliphatic rings. The van der Waals surface area contributed by atoms with Crippen LogP contribution in [0, 0.1) is 6.92 Å². The topological polar surface area (TPSA) is 63.4 Å². The first-order chi connectivity index (χ1) is 8.09. The molecular formula is C13H16N2O2. The fraction of sp³-hybridized carbons (Fsp3) is 0.385. The highest BCUT2D eigenvalue weighted by Gasteiger charge is 2.25. The molecule has 0 atom stereocenters. The van der Waals surface area contributed by atoms with Crippen LogP contribution in [0.15, 0.2) is 18.2 Å². The lowest BCUT2D eigenvalue weighted by Gasteiger charge is -2.19. The summed E-state index contributed by atoms with van der Waals surface area (Å²) in [6.07, 6.45) is 2.45. The molecule has 0 aliphatic carbocycles. The Morgan fingerprint density at radius 3 is 2.24 bits per heavy atom. The third kappa shape index (κ3) is 2.30. The quantitative estimate of drug-likeness (QED) is 0.595. The van der Waals surface area contributed by atoms with E-state index in [1.54, 1.807) is 18.2 Å². The van der Waals surface area contributed by atoms with Gasteiger partial charge in [-0.25, -0.2) is 0 Å². The van der Waals surface area contributed by atoms with E-state index < -0.39 is 0 Å². The first-order valence-electron chi connectivity index (χ1n) is 5.81. The first kappa shape index (κ1) is 11.6. The van der Waals surface area contributed by atoms with Crippen molar-refractivity contribution in [1.29, 1.82) is 0 Å². The van der Waals surface area contributed by atoms with Gasteiger partial charge in [-0.3, -0.25) is 14.5 Å². The van der Waals surface area contributed by atoms with Crippen molar-refractivity contribution < 1.29 is 9.59 Å². The van der Waals surface area contributed by atoms with Crippen molar-refractivity contribution in [3.63, 3.8) is 0 Å². The van der Waals surface area contributed by atoms with Gasteiger partial charge in [-0.2, -0.15) is 0 Å². The van der Waals surface area contributed by atoms with Crippen LogP contribution in [-0.2, 0) is 9.59 Å². The second-order valence-corrected chi connectivity index (χ2v) is 4.37. The molecule has 1 aromatic rings. The number of imide groups is 1. The Bertz CT molecular complexity index is 450. The van der Waals surface area contributed by atoms with Crippen LogP contribution in [-0.4, -0.2) is 11.8 Å². The zero-order valence-electron chi connectivity index (χ0n) is 9.90. The molecule has 1 fully saturated rings. The Labute approximate surface area is 100 Å². The molecule has 4 heteroatoms. The Hall–Kier alpha value is -1.84. The third-order valence-electron chi connectivity index (χ3n) is 3.04. The molecule has 0 aromatic heterocycles. The van der Waals surface area contributed by atoms with E-state index in [-0.39, 0.29) is 11.8 Å². The molecule has 0 spiro atoms. The zero-order valence-corrected chi connectivity index (χ0v) is 9.90. The van der Waals surface area contributed by atoms with Crippen LogP contribution in [0.3, 0.4) is 0 Å². The van der Waals surface area contributed by atoms with Gasteiger partial charge in [-0.1, -0.05) is 0 Å². The molecule has 2 rings (SSSR count). The molecule has 1 heterocycles. The summed E-state index contributed by atoms with van der Waals surface area (Å²) in [4.78, 5) is 25.1. The van der Waals surface area contributed by atoms with Crippen LogP contribution in [0.2, 0.25) is 0 Å². The van der Waals surface area contributed by atoms with E-state index in [1.165, 1.54) is 4.90 Å². The maximum Gasteiger partial charge on any atom is 0.233 e. The summed E-state index contributed by atoms with van der Waals surface area (Å²) in [5.74, 6) is -0.228. The van der Waals surface area contributed by atoms with Gasteiger partial charge in [-0.15, -0.1) is 0 Å². The Balaban J connectivity index is 2.38. The van der Waals surface area contributed by atoms with E-state index in [1.807, 2.05) is 6.92 Å². The number of nitrogen functional groups attached to an aromatic ring is 1. The fourth-order valence-electron chi connectivity index (χ4n) is 2.00. The first-order valence-corrected chi connectivity index (χ1v) is 5.81. The largest absolute Gasteiger partial charge is 0.399 e. The average molecular weight is 232 g/mol. The third-order valence-corrected chi connectivity index (χ3v) is 3.04. The molecular weight excluding hydrogens is 216 g/mol. The highest BCUT2D eigenvalue weighted by atomic mass is 16.2. The standard InChI is InChI=1S/C13H16N2O2/c1-9-8-10(6-7-11(9)14)15-12(16)4-2-3-5-13(15)17/h6-8H,2-5,14H2,1H3. The molecule has 2 amide bonds. The van der Waals surface area contributed by atoms with Gasteiger partial charge in [0.25, 0.3) is 0 Å². The number of carbonyl (C=O) groups is 2. The summed E-state index contributed by atoms with van der Waals surface area (Å²) in [5.41, 5.74) is 7.91. The van der Waals surface area contributed by atoms with Crippen molar-refractivity contribution in [2.45, 2.75) is 32.6 Å². The van der Waals surface area contributed by atoms with Crippen LogP contribution in [0.5, 0.6) is 0 Å². The highest BCUT2D eigenvalue weighted by molar-refractivity contribution is 6.15. The van der Waals surface area contributed by atoms with Gasteiger partial charge in [-0.05, 0) is 43.5 Å². The normalized spacial score (nSPS) is 17.1. The summed E-state index contributed by atoms with van der Waals surface area (Å²) >= 11 is 0. The lowest BCUT2D eigenvalue weighted by atomic mass is 10.1. The van der Waals surface area contributed by atoms with Gasteiger partial charge < -0.3 is 5.73 Å². The van der Waals surface area contributed by atoms with Crippen molar-refractivity contribution >= 4 is 23.2 Å². The number of hydrogen-bond donors (Lipinski definition) is 1. The predicted molar refractivity (Wildman–Crippen MR) is 66.6 cm³/mol. The molecule has 17 heavy (non-hydrogen) atoms. The van der Waals surface area contributed by atoms with Crippen molar-refractivity contribution in [3.8, 4) is 0 Å². The number of aryl methyl sites for hydroxylation is 1. The maximum absolute atomic E-state index is 11.9. The van der Waals surface area contributed by atoms with E-state index in [0.717, 1.165) is 18.4 Å². The van der Waals surface area contributed by atoms with Crippen molar-refractivity contribution in [2.24, 2.45) is 0 Å². The molecule has 0 saturated carbocycles. The Kier molecular flexibility index (Phi) is 3.13. The van der Waals surface area contributed by atoms with Crippen LogP contribution in [0.25, 0.3) is 0 Å². The van der Waals surface area contributed by atoms with E-state index >= 15 is 0 Å². The van der Waals surface area contributed by atoms with Gasteiger partial charge in [0, 0.05) is 18.5 Å². The number of amides is 2. The molecule has 1 saturated heterocycles. The minimum atomic E-state index is -0.114. The van der Waals surface area contributed by atoms with Crippen LogP contribution >= 0.6 is 0 Å². The number of nitrogens with two attached hydrogens (primary N) is 1. The smallest absolute Gasteiger partial charge is 0.233 e. The summed E-state index contributed by atoms with van der Waals surface area (Å²) in [6.45, 7) is 1.87. The average Bonchev–Trinajstić information content (AvgIpc) is 2.45. The number of hydrogen-bond acceptors (Lipinski definition) is 3. The number of carbonyl (C=O) groups excluding carboxylic acids is 2. The number of nitrogens with zero attached hydrogens (tertiary/aromatic N) is 1. The van der Waals surface area contributed by atoms with Gasteiger partial charge >= 0.3 is 0 Å². The van der Waals surface area contributed by atoms with Gasteiger partial charge in [0.1, 0.15) is 0 Å². The number of anilines is 2. The molecule has 2 N–H and O–H groups in total. The zero-order chi connectivity index (χ0) is 12.4. The van der Waals surface area contributed by atoms with Gasteiger partial charge in [0.05, 0.1) is 5.69 Å². The van der Waals surface area contributed by atoms with Crippen molar-refractivity contribution in [1.82, 2.24) is 0 Å². The minimum Gasteiger partial charge on any atom is -0.399 e. The highest BCUT2D eigenvalue weighted by Crippen LogP contribution is 2.24. The molecule has 0 bridgehead atoms. The van der Waals surface area contributed by atoms with E-state index in [4.69, 9.17) is 5.73 Å². The summed E-state index contributed by atoms with van der Waals surface area (Å²) in [7, 11) is 0. The predicted octanol–water partition coefficient (Wildman–Crippen LogP) is 2.01. The van der Waals surface area contributed by atoms with E-state index in [0.29, 0.717) is 24.2 Å². The summed E-state index contributed by atoms with van der Waals surface area (Å²) < 4.78 is 0. The van der Waals surface area contributed by atoms with Crippen LogP contribution < -0.4 is 10.6 Å². The van der Waals surface area contributed by atoms with Gasteiger partial charge in [0.2, 0.25) is 11.8 Å². The van der Waals surface area contributed by atoms with E-state index in [2.05, 4.69) is 0 Å². The molecule has 0 radical (unpaired) electrons. The Morgan fingerprint density at radius 2 is 1.71 bits per heavy atom. The lowest BCUT2D eigenvalue weighted by Crippen LogP contribution is -2.35. The second kappa shape index (κ2) is 4.57. The van der Waals surface area contributed by atoms with Crippen LogP contribution in [0.1, 0.15) is 31.2 Å². The summed E-state index contributed by atoms with van der Waals surface area (Å²) in [5, 5.41) is 0. The molecule has 0 unspecified atom stereocenters. The van der Waals surface area contributed by atoms with Crippen molar-refractivity contribution in [3.05, 3.63) is 23.8 Å². The molecule has 4 nitrogen and oxygen atoms in total. The fourth-order valence-corrected chi connectivity index (χ4v) is 2.00. The Morgan fingerprint density at radius 1 is 1.12 bits per heavy atom. The van der Waals surface area contributed by atoms with Crippen LogP contribution in [0.4, 0.5) is 11.4 Å². The molecule has 1 aliphatic heterocycles. The summed E-state index contributed by atoms with van der Waals surface area (Å²) in [6, 6.07) is 5.25. The SMILES string of the molecule is Cc1cc(N2C(=O)CCCCC2=O)ccc1N. The monoisotopic (exact) mass is 232 g/mol. The molecule has 90 valence electrons. The number of benzene rings is 1. The van der Waals surface area contributed by atoms with E-state index in [9.17, 15) is 9.59 Å². The lowest BCUT2D eigenvalue weighted by molar-refractivity contribution is -0.125. The van der Waals surface area contributed by atoms with Gasteiger partial charge in [0.15, 0.2) is 0 Å². The second-order valence-electron chi connectivity index (χ2n) is 4.37. The maximum atomic E-state index is 11.9. The minimum absolute atomic E-state index is 0.114. The number of rotatable bonds is 1. The van der Waals surface area contributed by atoms with Crippen molar-refractivity contribution in [2.75, 3.05) is 10.6 Å².